The molecule has 0 aliphatic carbocycles. The summed E-state index contributed by atoms with van der Waals surface area (Å²) in [5.41, 5.74) is 3.02. The van der Waals surface area contributed by atoms with Crippen molar-refractivity contribution in [2.24, 2.45) is 0 Å². The van der Waals surface area contributed by atoms with Crippen LogP contribution in [0.25, 0.3) is 11.1 Å². The summed E-state index contributed by atoms with van der Waals surface area (Å²) in [5, 5.41) is 9.50. The maximum Gasteiger partial charge on any atom is 0.336 e. The van der Waals surface area contributed by atoms with Crippen molar-refractivity contribution in [2.45, 2.75) is 45.2 Å². The molecule has 1 unspecified atom stereocenters. The summed E-state index contributed by atoms with van der Waals surface area (Å²) < 4.78 is 18.4. The number of esters is 1. The van der Waals surface area contributed by atoms with E-state index in [4.69, 9.17) is 4.74 Å². The van der Waals surface area contributed by atoms with Crippen molar-refractivity contribution in [3.8, 4) is 11.1 Å². The summed E-state index contributed by atoms with van der Waals surface area (Å²) in [7, 11) is 1.28. The molecule has 1 amide bonds. The number of ether oxygens (including phenoxy) is 1. The molecule has 0 heterocycles. The minimum atomic E-state index is -1.01. The predicted octanol–water partition coefficient (Wildman–Crippen LogP) is 5.49. The molecule has 7 heteroatoms. The van der Waals surface area contributed by atoms with E-state index in [1.807, 2.05) is 19.1 Å². The van der Waals surface area contributed by atoms with Gasteiger partial charge in [0.05, 0.1) is 12.7 Å². The fourth-order valence-electron chi connectivity index (χ4n) is 4.05. The molecule has 0 saturated carbocycles. The molecule has 0 saturated heterocycles. The lowest BCUT2D eigenvalue weighted by molar-refractivity contribution is -0.153. The molecule has 3 rings (SSSR count). The van der Waals surface area contributed by atoms with Crippen LogP contribution in [0.15, 0.2) is 72.8 Å². The molecule has 0 aliphatic rings. The van der Waals surface area contributed by atoms with E-state index >= 15 is 0 Å². The Hall–Kier alpha value is -4.00. The standard InChI is InChI=1S/C29H30FNO5/c1-3-4-9-27(32)31(26(29(35)36-2)18-20-12-16-23(30)17-13-20)19-21-10-14-22(15-11-21)24-7-5-6-8-25(24)28(33)34/h5-8,10-17,26H,3-4,9,18-19H2,1-2H3,(H,33,34). The van der Waals surface area contributed by atoms with Gasteiger partial charge in [-0.3, -0.25) is 4.79 Å². The third-order valence-corrected chi connectivity index (χ3v) is 6.03. The molecule has 0 radical (unpaired) electrons. The van der Waals surface area contributed by atoms with Crippen LogP contribution in [0, 0.1) is 5.82 Å². The number of carboxylic acids is 1. The van der Waals surface area contributed by atoms with Crippen LogP contribution in [0.3, 0.4) is 0 Å². The summed E-state index contributed by atoms with van der Waals surface area (Å²) in [6.45, 7) is 2.16. The number of methoxy groups -OCH3 is 1. The Kier molecular flexibility index (Phi) is 9.33. The number of amides is 1. The Balaban J connectivity index is 1.91. The van der Waals surface area contributed by atoms with Gasteiger partial charge in [-0.05, 0) is 46.9 Å². The molecule has 0 aliphatic heterocycles. The van der Waals surface area contributed by atoms with E-state index in [0.717, 1.165) is 17.5 Å². The quantitative estimate of drug-likeness (QED) is 0.359. The Morgan fingerprint density at radius 1 is 0.944 bits per heavy atom. The number of aromatic carboxylic acids is 1. The first-order valence-electron chi connectivity index (χ1n) is 11.9. The lowest BCUT2D eigenvalue weighted by Crippen LogP contribution is -2.46. The number of carbonyl (C=O) groups excluding carboxylic acids is 2. The number of benzene rings is 3. The van der Waals surface area contributed by atoms with Crippen molar-refractivity contribution in [1.29, 1.82) is 0 Å². The molecule has 0 fully saturated rings. The molecule has 3 aromatic carbocycles. The second kappa shape index (κ2) is 12.6. The van der Waals surface area contributed by atoms with Gasteiger partial charge in [-0.1, -0.05) is 67.9 Å². The van der Waals surface area contributed by atoms with E-state index in [-0.39, 0.29) is 36.7 Å². The molecule has 36 heavy (non-hydrogen) atoms. The molecule has 3 aromatic rings. The maximum atomic E-state index is 13.4. The van der Waals surface area contributed by atoms with Crippen LogP contribution in [0.2, 0.25) is 0 Å². The van der Waals surface area contributed by atoms with Crippen LogP contribution in [0.4, 0.5) is 4.39 Å². The molecule has 0 aromatic heterocycles. The third kappa shape index (κ3) is 6.78. The van der Waals surface area contributed by atoms with E-state index in [1.165, 1.54) is 24.1 Å². The second-order valence-electron chi connectivity index (χ2n) is 8.54. The number of carboxylic acid groups (broad SMARTS) is 1. The van der Waals surface area contributed by atoms with Crippen molar-refractivity contribution < 1.29 is 28.6 Å². The lowest BCUT2D eigenvalue weighted by atomic mass is 9.98. The zero-order valence-corrected chi connectivity index (χ0v) is 20.4. The molecule has 0 spiro atoms. The fraction of sp³-hybridized carbons (Fsp3) is 0.276. The van der Waals surface area contributed by atoms with Gasteiger partial charge in [0.25, 0.3) is 0 Å². The van der Waals surface area contributed by atoms with Crippen molar-refractivity contribution in [3.63, 3.8) is 0 Å². The van der Waals surface area contributed by atoms with Gasteiger partial charge in [-0.15, -0.1) is 0 Å². The maximum absolute atomic E-state index is 13.4. The van der Waals surface area contributed by atoms with Gasteiger partial charge in [0.1, 0.15) is 11.9 Å². The zero-order chi connectivity index (χ0) is 26.1. The summed E-state index contributed by atoms with van der Waals surface area (Å²) >= 11 is 0. The number of hydrogen-bond acceptors (Lipinski definition) is 4. The first-order valence-corrected chi connectivity index (χ1v) is 11.9. The topological polar surface area (TPSA) is 83.9 Å². The van der Waals surface area contributed by atoms with Crippen molar-refractivity contribution in [2.75, 3.05) is 7.11 Å². The summed E-state index contributed by atoms with van der Waals surface area (Å²) in [6, 6.07) is 18.9. The van der Waals surface area contributed by atoms with Crippen LogP contribution in [0.1, 0.15) is 47.7 Å². The minimum absolute atomic E-state index is 0.171. The lowest BCUT2D eigenvalue weighted by Gasteiger charge is -2.30. The van der Waals surface area contributed by atoms with Crippen LogP contribution in [-0.2, 0) is 27.3 Å². The molecular weight excluding hydrogens is 461 g/mol. The van der Waals surface area contributed by atoms with Crippen LogP contribution >= 0.6 is 0 Å². The average Bonchev–Trinajstić information content (AvgIpc) is 2.90. The fourth-order valence-corrected chi connectivity index (χ4v) is 4.05. The number of hydrogen-bond donors (Lipinski definition) is 1. The average molecular weight is 492 g/mol. The van der Waals surface area contributed by atoms with Crippen LogP contribution in [0.5, 0.6) is 0 Å². The Labute approximate surface area is 210 Å². The number of halogens is 1. The molecule has 0 bridgehead atoms. The van der Waals surface area contributed by atoms with E-state index in [1.54, 1.807) is 48.5 Å². The zero-order valence-electron chi connectivity index (χ0n) is 20.4. The number of nitrogens with zero attached hydrogens (tertiary/aromatic N) is 1. The van der Waals surface area contributed by atoms with E-state index < -0.39 is 18.0 Å². The van der Waals surface area contributed by atoms with Crippen LogP contribution in [-0.4, -0.2) is 41.0 Å². The van der Waals surface area contributed by atoms with Gasteiger partial charge in [0, 0.05) is 19.4 Å². The van der Waals surface area contributed by atoms with Gasteiger partial charge in [-0.25, -0.2) is 14.0 Å². The summed E-state index contributed by atoms with van der Waals surface area (Å²) in [5.74, 6) is -2.11. The van der Waals surface area contributed by atoms with Gasteiger partial charge in [-0.2, -0.15) is 0 Å². The monoisotopic (exact) mass is 491 g/mol. The normalized spacial score (nSPS) is 11.5. The first kappa shape index (κ1) is 26.6. The highest BCUT2D eigenvalue weighted by molar-refractivity contribution is 5.96. The minimum Gasteiger partial charge on any atom is -0.478 e. The largest absolute Gasteiger partial charge is 0.478 e. The summed E-state index contributed by atoms with van der Waals surface area (Å²) in [6.07, 6.45) is 2.00. The number of carbonyl (C=O) groups is 3. The Morgan fingerprint density at radius 3 is 2.19 bits per heavy atom. The molecule has 1 atom stereocenters. The van der Waals surface area contributed by atoms with E-state index in [0.29, 0.717) is 17.5 Å². The smallest absolute Gasteiger partial charge is 0.336 e. The first-order chi connectivity index (χ1) is 17.3. The highest BCUT2D eigenvalue weighted by Gasteiger charge is 2.31. The molecule has 1 N–H and O–H groups in total. The van der Waals surface area contributed by atoms with Gasteiger partial charge in [0.2, 0.25) is 5.91 Å². The predicted molar refractivity (Wildman–Crippen MR) is 135 cm³/mol. The third-order valence-electron chi connectivity index (χ3n) is 6.03. The molecule has 188 valence electrons. The van der Waals surface area contributed by atoms with E-state index in [9.17, 15) is 23.9 Å². The van der Waals surface area contributed by atoms with E-state index in [2.05, 4.69) is 0 Å². The second-order valence-corrected chi connectivity index (χ2v) is 8.54. The number of rotatable bonds is 11. The van der Waals surface area contributed by atoms with Gasteiger partial charge >= 0.3 is 11.9 Å². The van der Waals surface area contributed by atoms with Crippen molar-refractivity contribution >= 4 is 17.8 Å². The Morgan fingerprint density at radius 2 is 1.58 bits per heavy atom. The molecule has 6 nitrogen and oxygen atoms in total. The van der Waals surface area contributed by atoms with Gasteiger partial charge < -0.3 is 14.7 Å². The van der Waals surface area contributed by atoms with Gasteiger partial charge in [0.15, 0.2) is 0 Å². The highest BCUT2D eigenvalue weighted by Crippen LogP contribution is 2.25. The number of unbranched alkanes of at least 4 members (excludes halogenated alkanes) is 1. The Bertz CT molecular complexity index is 1190. The van der Waals surface area contributed by atoms with Crippen molar-refractivity contribution in [1.82, 2.24) is 4.90 Å². The SMILES string of the molecule is CCCCC(=O)N(Cc1ccc(-c2ccccc2C(=O)O)cc1)C(Cc1ccc(F)cc1)C(=O)OC. The molecular formula is C29H30FNO5. The van der Waals surface area contributed by atoms with Crippen molar-refractivity contribution in [3.05, 3.63) is 95.3 Å². The highest BCUT2D eigenvalue weighted by atomic mass is 19.1. The van der Waals surface area contributed by atoms with Crippen LogP contribution < -0.4 is 0 Å². The summed E-state index contributed by atoms with van der Waals surface area (Å²) in [4.78, 5) is 39.1.